The van der Waals surface area contributed by atoms with Crippen LogP contribution in [0.15, 0.2) is 48.0 Å². The first-order valence-electron chi connectivity index (χ1n) is 13.7. The van der Waals surface area contributed by atoms with Crippen LogP contribution in [0.1, 0.15) is 67.8 Å². The third kappa shape index (κ3) is 6.11. The number of nitrogens with zero attached hydrogens (tertiary/aromatic N) is 2. The zero-order valence-corrected chi connectivity index (χ0v) is 23.0. The van der Waals surface area contributed by atoms with Crippen molar-refractivity contribution in [2.75, 3.05) is 46.0 Å². The van der Waals surface area contributed by atoms with Gasteiger partial charge in [-0.25, -0.2) is 0 Å². The van der Waals surface area contributed by atoms with E-state index in [4.69, 9.17) is 9.47 Å². The summed E-state index contributed by atoms with van der Waals surface area (Å²) in [6.07, 6.45) is 1.63. The number of likely N-dealkylation sites (tertiary alicyclic amines) is 1. The van der Waals surface area contributed by atoms with Crippen LogP contribution in [0.2, 0.25) is 0 Å². The molecule has 2 heterocycles. The Morgan fingerprint density at radius 2 is 1.79 bits per heavy atom. The molecule has 0 aliphatic carbocycles. The lowest BCUT2D eigenvalue weighted by Crippen LogP contribution is -2.38. The SMILES string of the molecule is CCCOc1ccc(/C(O)=C2/C(=O)C(=O)N(CCCN3CCOCC3)C2c2ccc(C(C)C)cc2)cc1C. The topological polar surface area (TPSA) is 79.3 Å². The van der Waals surface area contributed by atoms with Crippen LogP contribution in [-0.2, 0) is 14.3 Å². The molecule has 2 aromatic rings. The van der Waals surface area contributed by atoms with Crippen LogP contribution >= 0.6 is 0 Å². The van der Waals surface area contributed by atoms with E-state index in [2.05, 4.69) is 18.7 Å². The maximum Gasteiger partial charge on any atom is 0.295 e. The number of ketones is 1. The van der Waals surface area contributed by atoms with Crippen molar-refractivity contribution < 1.29 is 24.2 Å². The maximum absolute atomic E-state index is 13.4. The molecule has 4 rings (SSSR count). The predicted molar refractivity (Wildman–Crippen MR) is 148 cm³/mol. The molecular weight excluding hydrogens is 480 g/mol. The lowest BCUT2D eigenvalue weighted by molar-refractivity contribution is -0.140. The van der Waals surface area contributed by atoms with Crippen LogP contribution in [-0.4, -0.2) is 72.6 Å². The highest BCUT2D eigenvalue weighted by Crippen LogP contribution is 2.40. The van der Waals surface area contributed by atoms with Gasteiger partial charge in [-0.1, -0.05) is 45.0 Å². The van der Waals surface area contributed by atoms with E-state index in [0.29, 0.717) is 37.8 Å². The van der Waals surface area contributed by atoms with Crippen molar-refractivity contribution in [1.82, 2.24) is 9.80 Å². The molecule has 204 valence electrons. The van der Waals surface area contributed by atoms with E-state index in [1.54, 1.807) is 11.0 Å². The van der Waals surface area contributed by atoms with Gasteiger partial charge in [-0.3, -0.25) is 14.5 Å². The Bertz CT molecular complexity index is 1170. The molecule has 2 aliphatic rings. The van der Waals surface area contributed by atoms with Gasteiger partial charge in [0.1, 0.15) is 11.5 Å². The fourth-order valence-electron chi connectivity index (χ4n) is 5.14. The largest absolute Gasteiger partial charge is 0.507 e. The van der Waals surface area contributed by atoms with Gasteiger partial charge >= 0.3 is 0 Å². The molecule has 2 saturated heterocycles. The van der Waals surface area contributed by atoms with Crippen molar-refractivity contribution in [3.8, 4) is 5.75 Å². The van der Waals surface area contributed by atoms with Gasteiger partial charge in [-0.2, -0.15) is 0 Å². The first-order valence-corrected chi connectivity index (χ1v) is 13.7. The number of aliphatic hydroxyl groups is 1. The first-order chi connectivity index (χ1) is 18.3. The summed E-state index contributed by atoms with van der Waals surface area (Å²) in [5.41, 5.74) is 3.50. The number of aliphatic hydroxyl groups excluding tert-OH is 1. The molecule has 1 atom stereocenters. The van der Waals surface area contributed by atoms with Gasteiger partial charge in [0.2, 0.25) is 0 Å². The highest BCUT2D eigenvalue weighted by molar-refractivity contribution is 6.46. The molecule has 7 nitrogen and oxygen atoms in total. The minimum Gasteiger partial charge on any atom is -0.507 e. The zero-order chi connectivity index (χ0) is 27.2. The lowest BCUT2D eigenvalue weighted by atomic mass is 9.93. The number of ether oxygens (including phenoxy) is 2. The molecule has 1 amide bonds. The van der Waals surface area contributed by atoms with Gasteiger partial charge in [0, 0.05) is 31.7 Å². The highest BCUT2D eigenvalue weighted by atomic mass is 16.5. The molecule has 2 fully saturated rings. The summed E-state index contributed by atoms with van der Waals surface area (Å²) in [4.78, 5) is 30.6. The van der Waals surface area contributed by atoms with Crippen molar-refractivity contribution in [2.45, 2.75) is 52.5 Å². The van der Waals surface area contributed by atoms with E-state index < -0.39 is 17.7 Å². The molecule has 0 aromatic heterocycles. The molecule has 0 spiro atoms. The number of rotatable bonds is 10. The second kappa shape index (κ2) is 12.6. The van der Waals surface area contributed by atoms with Gasteiger partial charge < -0.3 is 19.5 Å². The molecule has 0 saturated carbocycles. The molecule has 7 heteroatoms. The number of carbonyl (C=O) groups excluding carboxylic acids is 2. The monoisotopic (exact) mass is 520 g/mol. The molecule has 1 N–H and O–H groups in total. The molecule has 1 unspecified atom stereocenters. The second-order valence-electron chi connectivity index (χ2n) is 10.5. The van der Waals surface area contributed by atoms with Crippen molar-refractivity contribution in [2.24, 2.45) is 0 Å². The van der Waals surface area contributed by atoms with E-state index >= 15 is 0 Å². The fourth-order valence-corrected chi connectivity index (χ4v) is 5.14. The maximum atomic E-state index is 13.4. The number of hydrogen-bond acceptors (Lipinski definition) is 6. The summed E-state index contributed by atoms with van der Waals surface area (Å²) in [5.74, 6) is -0.253. The molecule has 2 aromatic carbocycles. The Labute approximate surface area is 226 Å². The Morgan fingerprint density at radius 3 is 2.42 bits per heavy atom. The molecule has 0 bridgehead atoms. The number of aryl methyl sites for hydroxylation is 1. The third-order valence-corrected chi connectivity index (χ3v) is 7.35. The van der Waals surface area contributed by atoms with Gasteiger partial charge in [0.25, 0.3) is 11.7 Å². The highest BCUT2D eigenvalue weighted by Gasteiger charge is 2.45. The number of benzene rings is 2. The number of hydrogen-bond donors (Lipinski definition) is 1. The Hall–Kier alpha value is -3.16. The van der Waals surface area contributed by atoms with Crippen LogP contribution < -0.4 is 4.74 Å². The van der Waals surface area contributed by atoms with Crippen molar-refractivity contribution in [3.05, 3.63) is 70.3 Å². The molecule has 0 radical (unpaired) electrons. The minimum absolute atomic E-state index is 0.139. The second-order valence-corrected chi connectivity index (χ2v) is 10.5. The number of Topliss-reactive ketones (excluding diaryl/α,β-unsaturated/α-hetero) is 1. The van der Waals surface area contributed by atoms with Crippen LogP contribution in [0, 0.1) is 6.92 Å². The van der Waals surface area contributed by atoms with E-state index in [0.717, 1.165) is 49.4 Å². The van der Waals surface area contributed by atoms with Gasteiger partial charge in [-0.05, 0) is 60.6 Å². The van der Waals surface area contributed by atoms with E-state index in [9.17, 15) is 14.7 Å². The Balaban J connectivity index is 1.68. The Kier molecular flexibility index (Phi) is 9.23. The predicted octanol–water partition coefficient (Wildman–Crippen LogP) is 5.05. The van der Waals surface area contributed by atoms with Crippen molar-refractivity contribution in [3.63, 3.8) is 0 Å². The zero-order valence-electron chi connectivity index (χ0n) is 23.0. The van der Waals surface area contributed by atoms with Crippen molar-refractivity contribution in [1.29, 1.82) is 0 Å². The number of morpholine rings is 1. The number of carbonyl (C=O) groups is 2. The molecular formula is C31H40N2O5. The Morgan fingerprint density at radius 1 is 1.08 bits per heavy atom. The van der Waals surface area contributed by atoms with Gasteiger partial charge in [0.05, 0.1) is 31.4 Å². The van der Waals surface area contributed by atoms with Crippen molar-refractivity contribution >= 4 is 17.4 Å². The minimum atomic E-state index is -0.643. The molecule has 2 aliphatic heterocycles. The summed E-state index contributed by atoms with van der Waals surface area (Å²) < 4.78 is 11.2. The van der Waals surface area contributed by atoms with Crippen LogP contribution in [0.3, 0.4) is 0 Å². The fraction of sp³-hybridized carbons (Fsp3) is 0.484. The smallest absolute Gasteiger partial charge is 0.295 e. The van der Waals surface area contributed by atoms with Gasteiger partial charge in [0.15, 0.2) is 0 Å². The average Bonchev–Trinajstić information content (AvgIpc) is 3.17. The van der Waals surface area contributed by atoms with Crippen LogP contribution in [0.5, 0.6) is 5.75 Å². The summed E-state index contributed by atoms with van der Waals surface area (Å²) in [5, 5.41) is 11.4. The summed E-state index contributed by atoms with van der Waals surface area (Å²) in [6.45, 7) is 13.2. The summed E-state index contributed by atoms with van der Waals surface area (Å²) >= 11 is 0. The average molecular weight is 521 g/mol. The lowest BCUT2D eigenvalue weighted by Gasteiger charge is -2.29. The van der Waals surface area contributed by atoms with Gasteiger partial charge in [-0.15, -0.1) is 0 Å². The third-order valence-electron chi connectivity index (χ3n) is 7.35. The quantitative estimate of drug-likeness (QED) is 0.268. The standard InChI is InChI=1S/C31H40N2O5/c1-5-17-38-26-12-11-25(20-22(26)4)29(34)27-28(24-9-7-23(8-10-24)21(2)3)33(31(36)30(27)35)14-6-13-32-15-18-37-19-16-32/h7-12,20-21,28,34H,5-6,13-19H2,1-4H3/b29-27-. The summed E-state index contributed by atoms with van der Waals surface area (Å²) in [6, 6.07) is 12.8. The first kappa shape index (κ1) is 27.9. The molecule has 38 heavy (non-hydrogen) atoms. The summed E-state index contributed by atoms with van der Waals surface area (Å²) in [7, 11) is 0. The van der Waals surface area contributed by atoms with E-state index in [1.807, 2.05) is 50.2 Å². The van der Waals surface area contributed by atoms with E-state index in [-0.39, 0.29) is 11.3 Å². The van der Waals surface area contributed by atoms with E-state index in [1.165, 1.54) is 5.56 Å². The number of amides is 1. The normalized spacial score (nSPS) is 19.9. The van der Waals surface area contributed by atoms with Crippen LogP contribution in [0.4, 0.5) is 0 Å². The van der Waals surface area contributed by atoms with Crippen LogP contribution in [0.25, 0.3) is 5.76 Å².